The van der Waals surface area contributed by atoms with Gasteiger partial charge in [-0.1, -0.05) is 6.92 Å². The van der Waals surface area contributed by atoms with Crippen molar-refractivity contribution in [1.82, 2.24) is 15.0 Å². The van der Waals surface area contributed by atoms with Crippen LogP contribution < -0.4 is 21.5 Å². The van der Waals surface area contributed by atoms with E-state index in [4.69, 9.17) is 16.2 Å². The molecular weight excluding hydrogens is 391 g/mol. The highest BCUT2D eigenvalue weighted by molar-refractivity contribution is 5.92. The van der Waals surface area contributed by atoms with Gasteiger partial charge in [0.05, 0.1) is 0 Å². The molecule has 156 valence electrons. The predicted molar refractivity (Wildman–Crippen MR) is 108 cm³/mol. The highest BCUT2D eigenvalue weighted by atomic mass is 19.1. The smallest absolute Gasteiger partial charge is 0.267 e. The quantitative estimate of drug-likeness (QED) is 0.631. The van der Waals surface area contributed by atoms with E-state index >= 15 is 0 Å². The van der Waals surface area contributed by atoms with E-state index in [1.807, 2.05) is 0 Å². The fourth-order valence-corrected chi connectivity index (χ4v) is 2.66. The second-order valence-corrected chi connectivity index (χ2v) is 6.87. The molecule has 1 unspecified atom stereocenters. The van der Waals surface area contributed by atoms with Gasteiger partial charge in [-0.2, -0.15) is 0 Å². The summed E-state index contributed by atoms with van der Waals surface area (Å²) in [6.45, 7) is 3.33. The van der Waals surface area contributed by atoms with Crippen molar-refractivity contribution < 1.29 is 18.7 Å². The standard InChI is InChI=1S/C20H21FN6O3/c1-10-7-13(4-5-14(10)21)30-17-6-3-12(9-24-17)20-26-15(19(23)29)8-16(27-20)25-11(2)18(22)28/h3-6,8-11H,7H2,1-2H3,(H2,22,28)(H2,23,29)(H,25,26,27)/t10?,11-/m0/s1. The number of halogens is 1. The predicted octanol–water partition coefficient (Wildman–Crippen LogP) is 2.08. The van der Waals surface area contributed by atoms with Gasteiger partial charge < -0.3 is 21.5 Å². The zero-order valence-electron chi connectivity index (χ0n) is 16.4. The summed E-state index contributed by atoms with van der Waals surface area (Å²) in [5.41, 5.74) is 11.1. The second kappa shape index (κ2) is 8.68. The number of nitrogens with two attached hydrogens (primary N) is 2. The van der Waals surface area contributed by atoms with Gasteiger partial charge in [0.2, 0.25) is 11.8 Å². The molecule has 10 heteroatoms. The summed E-state index contributed by atoms with van der Waals surface area (Å²) in [6.07, 6.45) is 4.85. The van der Waals surface area contributed by atoms with Gasteiger partial charge in [0, 0.05) is 36.2 Å². The summed E-state index contributed by atoms with van der Waals surface area (Å²) in [4.78, 5) is 35.6. The zero-order valence-corrected chi connectivity index (χ0v) is 16.4. The lowest BCUT2D eigenvalue weighted by Crippen LogP contribution is -2.33. The molecule has 0 saturated heterocycles. The molecule has 0 fully saturated rings. The van der Waals surface area contributed by atoms with Gasteiger partial charge in [0.15, 0.2) is 5.82 Å². The molecule has 0 aromatic carbocycles. The van der Waals surface area contributed by atoms with Crippen LogP contribution in [0, 0.1) is 5.92 Å². The van der Waals surface area contributed by atoms with E-state index < -0.39 is 17.9 Å². The molecule has 1 aliphatic carbocycles. The molecule has 5 N–H and O–H groups in total. The van der Waals surface area contributed by atoms with Crippen LogP contribution in [0.3, 0.4) is 0 Å². The number of carbonyl (C=O) groups is 2. The van der Waals surface area contributed by atoms with Gasteiger partial charge in [0.1, 0.15) is 29.1 Å². The highest BCUT2D eigenvalue weighted by Gasteiger charge is 2.17. The number of hydrogen-bond donors (Lipinski definition) is 3. The first-order valence-electron chi connectivity index (χ1n) is 9.18. The molecule has 30 heavy (non-hydrogen) atoms. The maximum atomic E-state index is 13.4. The summed E-state index contributed by atoms with van der Waals surface area (Å²) in [5.74, 6) is -0.450. The third-order valence-corrected chi connectivity index (χ3v) is 4.41. The van der Waals surface area contributed by atoms with Gasteiger partial charge in [0.25, 0.3) is 5.91 Å². The van der Waals surface area contributed by atoms with Gasteiger partial charge in [-0.25, -0.2) is 19.3 Å². The number of pyridine rings is 1. The van der Waals surface area contributed by atoms with Crippen LogP contribution in [-0.2, 0) is 4.79 Å². The highest BCUT2D eigenvalue weighted by Crippen LogP contribution is 2.27. The topological polar surface area (TPSA) is 146 Å². The number of carbonyl (C=O) groups excluding carboxylic acids is 2. The zero-order chi connectivity index (χ0) is 21.8. The van der Waals surface area contributed by atoms with Gasteiger partial charge in [-0.3, -0.25) is 9.59 Å². The van der Waals surface area contributed by atoms with Gasteiger partial charge in [-0.05, 0) is 25.1 Å². The molecule has 3 rings (SSSR count). The van der Waals surface area contributed by atoms with Crippen LogP contribution in [0.4, 0.5) is 10.2 Å². The Labute approximate surface area is 172 Å². The van der Waals surface area contributed by atoms with Crippen molar-refractivity contribution in [2.45, 2.75) is 26.3 Å². The maximum absolute atomic E-state index is 13.4. The minimum atomic E-state index is -0.750. The van der Waals surface area contributed by atoms with Crippen LogP contribution in [0.5, 0.6) is 5.88 Å². The Morgan fingerprint density at radius 3 is 2.63 bits per heavy atom. The SMILES string of the molecule is CC1CC(Oc2ccc(-c3nc(N[C@@H](C)C(N)=O)cc(C(N)=O)n3)cn2)=CC=C1F. The average molecular weight is 412 g/mol. The molecular formula is C20H21FN6O3. The van der Waals surface area contributed by atoms with Crippen LogP contribution in [0.1, 0.15) is 30.8 Å². The summed E-state index contributed by atoms with van der Waals surface area (Å²) in [7, 11) is 0. The van der Waals surface area contributed by atoms with Gasteiger partial charge >= 0.3 is 0 Å². The van der Waals surface area contributed by atoms with E-state index in [1.54, 1.807) is 32.1 Å². The molecule has 2 atom stereocenters. The lowest BCUT2D eigenvalue weighted by Gasteiger charge is -2.16. The summed E-state index contributed by atoms with van der Waals surface area (Å²) < 4.78 is 19.1. The molecule has 2 heterocycles. The minimum absolute atomic E-state index is 0.0327. The van der Waals surface area contributed by atoms with Crippen LogP contribution in [0.2, 0.25) is 0 Å². The van der Waals surface area contributed by atoms with Gasteiger partial charge in [-0.15, -0.1) is 0 Å². The second-order valence-electron chi connectivity index (χ2n) is 6.87. The first-order chi connectivity index (χ1) is 14.2. The van der Waals surface area contributed by atoms with Crippen molar-refractivity contribution in [2.75, 3.05) is 5.32 Å². The molecule has 0 aliphatic heterocycles. The third-order valence-electron chi connectivity index (χ3n) is 4.41. The third kappa shape index (κ3) is 4.96. The number of allylic oxidation sites excluding steroid dienone is 4. The van der Waals surface area contributed by atoms with Crippen molar-refractivity contribution in [2.24, 2.45) is 17.4 Å². The van der Waals surface area contributed by atoms with E-state index in [1.165, 1.54) is 18.3 Å². The lowest BCUT2D eigenvalue weighted by molar-refractivity contribution is -0.118. The Balaban J connectivity index is 1.83. The van der Waals surface area contributed by atoms with Crippen molar-refractivity contribution in [3.05, 3.63) is 53.8 Å². The maximum Gasteiger partial charge on any atom is 0.267 e. The number of nitrogens with one attached hydrogen (secondary N) is 1. The summed E-state index contributed by atoms with van der Waals surface area (Å²) >= 11 is 0. The number of rotatable bonds is 7. The molecule has 0 spiro atoms. The van der Waals surface area contributed by atoms with Crippen LogP contribution in [0.15, 0.2) is 48.1 Å². The number of aromatic nitrogens is 3. The van der Waals surface area contributed by atoms with Crippen LogP contribution in [-0.4, -0.2) is 32.8 Å². The number of nitrogens with zero attached hydrogens (tertiary/aromatic N) is 3. The number of primary amides is 2. The van der Waals surface area contributed by atoms with Crippen molar-refractivity contribution in [1.29, 1.82) is 0 Å². The first kappa shape index (κ1) is 20.9. The number of hydrogen-bond acceptors (Lipinski definition) is 7. The van der Waals surface area contributed by atoms with E-state index in [9.17, 15) is 14.0 Å². The molecule has 2 amide bonds. The van der Waals surface area contributed by atoms with E-state index in [0.29, 0.717) is 23.6 Å². The van der Waals surface area contributed by atoms with Crippen molar-refractivity contribution in [3.63, 3.8) is 0 Å². The Morgan fingerprint density at radius 2 is 2.03 bits per heavy atom. The van der Waals surface area contributed by atoms with Crippen LogP contribution >= 0.6 is 0 Å². The number of anilines is 1. The Bertz CT molecular complexity index is 1040. The molecule has 2 aromatic heterocycles. The fourth-order valence-electron chi connectivity index (χ4n) is 2.66. The first-order valence-corrected chi connectivity index (χ1v) is 9.18. The van der Waals surface area contributed by atoms with Crippen molar-refractivity contribution >= 4 is 17.6 Å². The molecule has 1 aliphatic rings. The largest absolute Gasteiger partial charge is 0.443 e. The lowest BCUT2D eigenvalue weighted by atomic mass is 10.0. The normalized spacial score (nSPS) is 16.8. The van der Waals surface area contributed by atoms with E-state index in [0.717, 1.165) is 0 Å². The average Bonchev–Trinajstić information content (AvgIpc) is 2.71. The molecule has 0 bridgehead atoms. The van der Waals surface area contributed by atoms with Crippen molar-refractivity contribution in [3.8, 4) is 17.3 Å². The molecule has 9 nitrogen and oxygen atoms in total. The summed E-state index contributed by atoms with van der Waals surface area (Å²) in [6, 6.07) is 3.88. The Hall–Kier alpha value is -3.82. The molecule has 2 aromatic rings. The molecule has 0 saturated carbocycles. The minimum Gasteiger partial charge on any atom is -0.443 e. The molecule has 0 radical (unpaired) electrons. The number of amides is 2. The van der Waals surface area contributed by atoms with E-state index in [2.05, 4.69) is 20.3 Å². The van der Waals surface area contributed by atoms with Crippen LogP contribution in [0.25, 0.3) is 11.4 Å². The Kier molecular flexibility index (Phi) is 6.05. The fraction of sp³-hybridized carbons (Fsp3) is 0.250. The van der Waals surface area contributed by atoms with E-state index in [-0.39, 0.29) is 29.1 Å². The summed E-state index contributed by atoms with van der Waals surface area (Å²) in [5, 5.41) is 2.80. The number of ether oxygens (including phenoxy) is 1. The Morgan fingerprint density at radius 1 is 1.27 bits per heavy atom. The monoisotopic (exact) mass is 412 g/mol.